The molecule has 3 aliphatic rings. The van der Waals surface area contributed by atoms with Gasteiger partial charge in [-0.3, -0.25) is 4.79 Å². The van der Waals surface area contributed by atoms with Gasteiger partial charge in [0.25, 0.3) is 5.91 Å². The van der Waals surface area contributed by atoms with Gasteiger partial charge in [-0.2, -0.15) is 8.42 Å². The fourth-order valence-corrected chi connectivity index (χ4v) is 6.10. The number of nitrogens with one attached hydrogen (secondary N) is 2. The lowest BCUT2D eigenvalue weighted by Crippen LogP contribution is -2.37. The number of carbonyl (C=O) groups excluding carboxylic acids is 1. The fraction of sp³-hybridized carbons (Fsp3) is 0.588. The van der Waals surface area contributed by atoms with Crippen LogP contribution in [0, 0.1) is 11.7 Å². The van der Waals surface area contributed by atoms with Gasteiger partial charge in [0.1, 0.15) is 18.0 Å². The molecule has 0 bridgehead atoms. The number of hydrogen-bond donors (Lipinski definition) is 3. The van der Waals surface area contributed by atoms with E-state index in [0.717, 1.165) is 38.4 Å². The number of fused-ring (bicyclic) bond motifs is 1. The fourth-order valence-electron chi connectivity index (χ4n) is 3.77. The highest BCUT2D eigenvalue weighted by Crippen LogP contribution is 2.42. The van der Waals surface area contributed by atoms with E-state index >= 15 is 4.39 Å². The smallest absolute Gasteiger partial charge is 0.326 e. The summed E-state index contributed by atoms with van der Waals surface area (Å²) in [6.07, 6.45) is 2.45. The van der Waals surface area contributed by atoms with Gasteiger partial charge in [0, 0.05) is 35.5 Å². The second-order valence-electron chi connectivity index (χ2n) is 7.26. The first-order valence-corrected chi connectivity index (χ1v) is 11.6. The quantitative estimate of drug-likeness (QED) is 0.631. The highest BCUT2D eigenvalue weighted by molar-refractivity contribution is 7.99. The molecule has 8 nitrogen and oxygen atoms in total. The van der Waals surface area contributed by atoms with Crippen LogP contribution in [0.15, 0.2) is 11.0 Å². The maximum absolute atomic E-state index is 15.2. The van der Waals surface area contributed by atoms with Gasteiger partial charge in [-0.1, -0.05) is 0 Å². The molecule has 0 aliphatic carbocycles. The molecule has 2 atom stereocenters. The van der Waals surface area contributed by atoms with E-state index in [1.807, 2.05) is 0 Å². The highest BCUT2D eigenvalue weighted by Gasteiger charge is 2.39. The van der Waals surface area contributed by atoms with Gasteiger partial charge in [-0.25, -0.2) is 13.4 Å². The molecule has 1 amide bonds. The molecule has 4 rings (SSSR count). The second-order valence-corrected chi connectivity index (χ2v) is 9.91. The van der Waals surface area contributed by atoms with Gasteiger partial charge in [0.15, 0.2) is 5.82 Å². The minimum absolute atomic E-state index is 0.0432. The van der Waals surface area contributed by atoms with Gasteiger partial charge in [0.05, 0.1) is 0 Å². The summed E-state index contributed by atoms with van der Waals surface area (Å²) in [5, 5.41) is 13.7. The Hall–Kier alpha value is -1.56. The molecule has 0 spiro atoms. The number of amides is 1. The largest absolute Gasteiger partial charge is 0.506 e. The number of phenols is 1. The number of thioether (sulfide) groups is 1. The highest BCUT2D eigenvalue weighted by atomic mass is 32.2. The Morgan fingerprint density at radius 1 is 1.46 bits per heavy atom. The van der Waals surface area contributed by atoms with Crippen LogP contribution in [-0.4, -0.2) is 57.5 Å². The molecule has 0 aromatic heterocycles. The summed E-state index contributed by atoms with van der Waals surface area (Å²) in [6, 6.07) is 1.42. The Morgan fingerprint density at radius 2 is 2.29 bits per heavy atom. The molecule has 154 valence electrons. The predicted molar refractivity (Wildman–Crippen MR) is 102 cm³/mol. The van der Waals surface area contributed by atoms with Gasteiger partial charge < -0.3 is 15.2 Å². The molecule has 28 heavy (non-hydrogen) atoms. The van der Waals surface area contributed by atoms with Crippen LogP contribution >= 0.6 is 11.8 Å². The van der Waals surface area contributed by atoms with Crippen LogP contribution in [0.25, 0.3) is 0 Å². The zero-order chi connectivity index (χ0) is 19.9. The molecule has 3 heterocycles. The number of benzene rings is 1. The number of nitrogens with zero attached hydrogens (tertiary/aromatic N) is 1. The van der Waals surface area contributed by atoms with Crippen molar-refractivity contribution in [2.45, 2.75) is 30.2 Å². The standard InChI is InChI=1S/C17H22FN3O5S2/c18-16-12-5-11(19-3-1-10-2-4-26-8-10)9-27-14(12)6-13(22)17(16)21-7-15(23)20-28(21,24)25/h6,10-11,19,22H,1-5,7-9H2,(H,20,23)/t10?,11-/m0/s1. The summed E-state index contributed by atoms with van der Waals surface area (Å²) in [4.78, 5) is 12.1. The lowest BCUT2D eigenvalue weighted by molar-refractivity contribution is -0.117. The Balaban J connectivity index is 1.51. The van der Waals surface area contributed by atoms with Crippen molar-refractivity contribution < 1.29 is 27.4 Å². The van der Waals surface area contributed by atoms with Crippen LogP contribution in [0.3, 0.4) is 0 Å². The van der Waals surface area contributed by atoms with E-state index in [1.54, 1.807) is 4.72 Å². The topological polar surface area (TPSA) is 108 Å². The first-order chi connectivity index (χ1) is 13.3. The maximum Gasteiger partial charge on any atom is 0.326 e. The number of carbonyl (C=O) groups is 1. The van der Waals surface area contributed by atoms with Gasteiger partial charge in [0.2, 0.25) is 0 Å². The van der Waals surface area contributed by atoms with E-state index in [0.29, 0.717) is 27.1 Å². The third-order valence-corrected chi connectivity index (χ3v) is 7.87. The zero-order valence-electron chi connectivity index (χ0n) is 15.1. The van der Waals surface area contributed by atoms with Crippen molar-refractivity contribution in [1.29, 1.82) is 0 Å². The van der Waals surface area contributed by atoms with Crippen molar-refractivity contribution in [3.8, 4) is 5.75 Å². The summed E-state index contributed by atoms with van der Waals surface area (Å²) in [5.41, 5.74) is -0.109. The molecule has 1 aromatic carbocycles. The first kappa shape index (κ1) is 19.7. The molecule has 3 aliphatic heterocycles. The van der Waals surface area contributed by atoms with Gasteiger partial charge >= 0.3 is 10.2 Å². The van der Waals surface area contributed by atoms with Crippen LogP contribution in [0.4, 0.5) is 10.1 Å². The van der Waals surface area contributed by atoms with Crippen LogP contribution in [-0.2, 0) is 26.2 Å². The maximum atomic E-state index is 15.2. The normalized spacial score (nSPS) is 26.3. The number of anilines is 1. The molecule has 1 aromatic rings. The summed E-state index contributed by atoms with van der Waals surface area (Å²) in [5.74, 6) is -0.758. The van der Waals surface area contributed by atoms with Gasteiger partial charge in [-0.15, -0.1) is 11.8 Å². The van der Waals surface area contributed by atoms with E-state index in [4.69, 9.17) is 4.74 Å². The number of aromatic hydroxyl groups is 1. The van der Waals surface area contributed by atoms with E-state index in [1.165, 1.54) is 17.8 Å². The van der Waals surface area contributed by atoms with Crippen molar-refractivity contribution in [2.75, 3.05) is 36.4 Å². The molecule has 2 fully saturated rings. The van der Waals surface area contributed by atoms with Crippen LogP contribution in [0.1, 0.15) is 18.4 Å². The van der Waals surface area contributed by atoms with Crippen LogP contribution in [0.2, 0.25) is 0 Å². The summed E-state index contributed by atoms with van der Waals surface area (Å²) < 4.78 is 47.1. The Labute approximate surface area is 167 Å². The summed E-state index contributed by atoms with van der Waals surface area (Å²) in [7, 11) is -4.20. The van der Waals surface area contributed by atoms with E-state index in [2.05, 4.69) is 5.32 Å². The van der Waals surface area contributed by atoms with Crippen molar-refractivity contribution in [1.82, 2.24) is 10.0 Å². The monoisotopic (exact) mass is 431 g/mol. The second kappa shape index (κ2) is 7.69. The molecule has 3 N–H and O–H groups in total. The van der Waals surface area contributed by atoms with Crippen molar-refractivity contribution in [2.24, 2.45) is 5.92 Å². The number of phenolic OH excluding ortho intramolecular Hbond substituents is 1. The zero-order valence-corrected chi connectivity index (χ0v) is 16.7. The third kappa shape index (κ3) is 3.80. The summed E-state index contributed by atoms with van der Waals surface area (Å²) >= 11 is 1.42. The van der Waals surface area contributed by atoms with Crippen molar-refractivity contribution in [3.05, 3.63) is 17.4 Å². The minimum Gasteiger partial charge on any atom is -0.506 e. The molecular formula is C17H22FN3O5S2. The Morgan fingerprint density at radius 3 is 2.96 bits per heavy atom. The van der Waals surface area contributed by atoms with Crippen molar-refractivity contribution in [3.63, 3.8) is 0 Å². The predicted octanol–water partition coefficient (Wildman–Crippen LogP) is 0.745. The lowest BCUT2D eigenvalue weighted by atomic mass is 10.0. The van der Waals surface area contributed by atoms with E-state index < -0.39 is 39.9 Å². The first-order valence-electron chi connectivity index (χ1n) is 9.16. The molecular weight excluding hydrogens is 409 g/mol. The third-order valence-electron chi connectivity index (χ3n) is 5.25. The lowest BCUT2D eigenvalue weighted by Gasteiger charge is -2.28. The number of hydrogen-bond acceptors (Lipinski definition) is 7. The van der Waals surface area contributed by atoms with Crippen LogP contribution < -0.4 is 14.3 Å². The molecule has 11 heteroatoms. The molecule has 0 radical (unpaired) electrons. The molecule has 0 saturated carbocycles. The Kier molecular flexibility index (Phi) is 5.43. The molecule has 2 saturated heterocycles. The number of halogens is 1. The molecule has 1 unspecified atom stereocenters. The Bertz CT molecular complexity index is 889. The minimum atomic E-state index is -4.20. The average Bonchev–Trinajstić information content (AvgIpc) is 3.23. The van der Waals surface area contributed by atoms with Crippen molar-refractivity contribution >= 4 is 33.6 Å². The number of rotatable bonds is 5. The van der Waals surface area contributed by atoms with Gasteiger partial charge in [-0.05, 0) is 37.8 Å². The van der Waals surface area contributed by atoms with E-state index in [-0.39, 0.29) is 6.04 Å². The average molecular weight is 432 g/mol. The van der Waals surface area contributed by atoms with Crippen LogP contribution in [0.5, 0.6) is 5.75 Å². The SMILES string of the molecule is O=C1CN(c2c(O)cc3c(c2F)C[C@H](NCCC2CCOC2)CS3)S(=O)(=O)N1. The van der Waals surface area contributed by atoms with E-state index in [9.17, 15) is 18.3 Å². The summed E-state index contributed by atoms with van der Waals surface area (Å²) in [6.45, 7) is 1.85. The number of ether oxygens (including phenoxy) is 1.